The molecule has 43 heavy (non-hydrogen) atoms. The van der Waals surface area contributed by atoms with Crippen molar-refractivity contribution in [3.63, 3.8) is 0 Å². The van der Waals surface area contributed by atoms with Crippen LogP contribution < -0.4 is 15.4 Å². The van der Waals surface area contributed by atoms with E-state index in [2.05, 4.69) is 15.4 Å². The first-order valence-corrected chi connectivity index (χ1v) is 16.7. The lowest BCUT2D eigenvalue weighted by molar-refractivity contribution is -0.146. The topological polar surface area (TPSA) is 151 Å². The average molecular weight is 658 g/mol. The molecule has 2 fully saturated rings. The van der Waals surface area contributed by atoms with Crippen molar-refractivity contribution in [2.75, 3.05) is 6.54 Å². The number of carbonyl (C=O) groups excluding carboxylic acids is 4. The van der Waals surface area contributed by atoms with Crippen molar-refractivity contribution in [1.29, 1.82) is 0 Å². The molecule has 2 heterocycles. The van der Waals surface area contributed by atoms with Gasteiger partial charge in [0.1, 0.15) is 11.6 Å². The van der Waals surface area contributed by atoms with E-state index in [0.29, 0.717) is 32.1 Å². The van der Waals surface area contributed by atoms with E-state index in [-0.39, 0.29) is 27.9 Å². The van der Waals surface area contributed by atoms with Gasteiger partial charge in [0.15, 0.2) is 6.10 Å². The van der Waals surface area contributed by atoms with Crippen molar-refractivity contribution < 1.29 is 32.3 Å². The standard InChI is InChI=1S/C29H38Cl2N4O7S/c1-28(2,3)33-27(39)42-23-12-8-6-4-5-7-10-18-17-29(18,32-24(36)22-11-9-13-35(22)25(23)37)26(38)34-43(40,41)21-15-19(30)14-20(31)16-21/h7,10,14-16,18,22-23H,4-6,8-9,11-13,17H2,1-3H3,(H,32,36)(H,33,39)(H,34,38)/t18-,22+,23+,29-/m1/s1. The highest BCUT2D eigenvalue weighted by molar-refractivity contribution is 7.90. The maximum Gasteiger partial charge on any atom is 0.408 e. The number of ether oxygens (including phenoxy) is 1. The molecule has 236 valence electrons. The minimum atomic E-state index is -4.37. The summed E-state index contributed by atoms with van der Waals surface area (Å²) in [6.45, 7) is 5.68. The van der Waals surface area contributed by atoms with Crippen LogP contribution in [-0.2, 0) is 29.1 Å². The number of hydrogen-bond donors (Lipinski definition) is 3. The zero-order chi connectivity index (χ0) is 31.6. The maximum atomic E-state index is 13.7. The Labute approximate surface area is 262 Å². The molecule has 1 saturated heterocycles. The molecule has 2 aliphatic heterocycles. The fraction of sp³-hybridized carbons (Fsp3) is 0.586. The van der Waals surface area contributed by atoms with Gasteiger partial charge in [0.05, 0.1) is 4.90 Å². The Morgan fingerprint density at radius 1 is 1.05 bits per heavy atom. The van der Waals surface area contributed by atoms with Crippen LogP contribution in [-0.4, -0.2) is 66.9 Å². The van der Waals surface area contributed by atoms with E-state index in [9.17, 15) is 27.6 Å². The quantitative estimate of drug-likeness (QED) is 0.413. The van der Waals surface area contributed by atoms with Crippen LogP contribution in [0.4, 0.5) is 4.79 Å². The summed E-state index contributed by atoms with van der Waals surface area (Å²) in [5, 5.41) is 5.65. The summed E-state index contributed by atoms with van der Waals surface area (Å²) in [4.78, 5) is 54.5. The van der Waals surface area contributed by atoms with Crippen molar-refractivity contribution in [3.8, 4) is 0 Å². The van der Waals surface area contributed by atoms with Crippen LogP contribution in [0, 0.1) is 5.92 Å². The van der Waals surface area contributed by atoms with Crippen LogP contribution in [0.2, 0.25) is 10.0 Å². The molecule has 0 aromatic heterocycles. The largest absolute Gasteiger partial charge is 0.436 e. The normalized spacial score (nSPS) is 26.7. The van der Waals surface area contributed by atoms with Gasteiger partial charge in [0.25, 0.3) is 21.8 Å². The zero-order valence-corrected chi connectivity index (χ0v) is 26.8. The second-order valence-electron chi connectivity index (χ2n) is 12.3. The summed E-state index contributed by atoms with van der Waals surface area (Å²) in [5.74, 6) is -2.39. The number of alkyl carbamates (subject to hydrolysis) is 1. The van der Waals surface area contributed by atoms with Crippen LogP contribution in [0.25, 0.3) is 0 Å². The molecule has 14 heteroatoms. The minimum Gasteiger partial charge on any atom is -0.436 e. The molecule has 4 rings (SSSR count). The molecule has 0 radical (unpaired) electrons. The number of amides is 4. The third kappa shape index (κ3) is 8.21. The van der Waals surface area contributed by atoms with Crippen molar-refractivity contribution in [2.45, 2.75) is 100 Å². The van der Waals surface area contributed by atoms with E-state index >= 15 is 0 Å². The molecule has 1 aromatic rings. The van der Waals surface area contributed by atoms with Gasteiger partial charge in [-0.25, -0.2) is 17.9 Å². The number of carbonyl (C=O) groups is 4. The number of rotatable bonds is 4. The molecule has 1 aromatic carbocycles. The Balaban J connectivity index is 1.57. The first kappa shape index (κ1) is 33.1. The second kappa shape index (κ2) is 13.0. The van der Waals surface area contributed by atoms with Gasteiger partial charge in [-0.05, 0) is 83.9 Å². The van der Waals surface area contributed by atoms with Gasteiger partial charge in [0.2, 0.25) is 5.91 Å². The van der Waals surface area contributed by atoms with Gasteiger partial charge in [-0.3, -0.25) is 14.4 Å². The smallest absolute Gasteiger partial charge is 0.408 e. The second-order valence-corrected chi connectivity index (χ2v) is 14.9. The molecule has 11 nitrogen and oxygen atoms in total. The Morgan fingerprint density at radius 3 is 2.42 bits per heavy atom. The van der Waals surface area contributed by atoms with Crippen molar-refractivity contribution in [3.05, 3.63) is 40.4 Å². The summed E-state index contributed by atoms with van der Waals surface area (Å²) in [5.41, 5.74) is -2.09. The van der Waals surface area contributed by atoms with Crippen molar-refractivity contribution >= 4 is 57.0 Å². The Bertz CT molecular complexity index is 1390. The van der Waals surface area contributed by atoms with Crippen LogP contribution in [0.5, 0.6) is 0 Å². The summed E-state index contributed by atoms with van der Waals surface area (Å²) >= 11 is 11.9. The number of fused-ring (bicyclic) bond motifs is 2. The summed E-state index contributed by atoms with van der Waals surface area (Å²) in [6.07, 6.45) is 6.21. The van der Waals surface area contributed by atoms with Crippen LogP contribution in [0.1, 0.15) is 72.1 Å². The van der Waals surface area contributed by atoms with E-state index in [1.807, 2.05) is 12.2 Å². The number of sulfonamides is 1. The lowest BCUT2D eigenvalue weighted by Gasteiger charge is -2.30. The molecule has 4 amide bonds. The van der Waals surface area contributed by atoms with E-state index < -0.39 is 63.0 Å². The van der Waals surface area contributed by atoms with Gasteiger partial charge in [-0.15, -0.1) is 0 Å². The molecule has 1 saturated carbocycles. The predicted octanol–water partition coefficient (Wildman–Crippen LogP) is 4.08. The van der Waals surface area contributed by atoms with Crippen LogP contribution >= 0.6 is 23.2 Å². The number of halogens is 2. The number of benzene rings is 1. The lowest BCUT2D eigenvalue weighted by Crippen LogP contribution is -2.57. The summed E-state index contributed by atoms with van der Waals surface area (Å²) in [7, 11) is -4.37. The number of allylic oxidation sites excluding steroid dienone is 1. The van der Waals surface area contributed by atoms with Crippen LogP contribution in [0.15, 0.2) is 35.2 Å². The minimum absolute atomic E-state index is 0.0806. The highest BCUT2D eigenvalue weighted by Gasteiger charge is 2.61. The third-order valence-corrected chi connectivity index (χ3v) is 9.43. The molecule has 3 N–H and O–H groups in total. The summed E-state index contributed by atoms with van der Waals surface area (Å²) in [6, 6.07) is 2.80. The predicted molar refractivity (Wildman–Crippen MR) is 161 cm³/mol. The maximum absolute atomic E-state index is 13.7. The van der Waals surface area contributed by atoms with Gasteiger partial charge in [0, 0.05) is 28.0 Å². The van der Waals surface area contributed by atoms with Gasteiger partial charge < -0.3 is 20.3 Å². The Kier molecular flexibility index (Phi) is 10.0. The number of hydrogen-bond acceptors (Lipinski definition) is 7. The lowest BCUT2D eigenvalue weighted by atomic mass is 10.1. The Morgan fingerprint density at radius 2 is 1.74 bits per heavy atom. The molecule has 0 unspecified atom stereocenters. The average Bonchev–Trinajstić information content (AvgIpc) is 3.34. The zero-order valence-electron chi connectivity index (χ0n) is 24.5. The van der Waals surface area contributed by atoms with Crippen molar-refractivity contribution in [2.24, 2.45) is 5.92 Å². The fourth-order valence-electron chi connectivity index (χ4n) is 5.46. The molecule has 1 aliphatic carbocycles. The number of nitrogens with one attached hydrogen (secondary N) is 3. The monoisotopic (exact) mass is 656 g/mol. The highest BCUT2D eigenvalue weighted by atomic mass is 35.5. The first-order chi connectivity index (χ1) is 20.1. The van der Waals surface area contributed by atoms with Gasteiger partial charge >= 0.3 is 6.09 Å². The first-order valence-electron chi connectivity index (χ1n) is 14.4. The van der Waals surface area contributed by atoms with Gasteiger partial charge in [-0.1, -0.05) is 41.8 Å². The van der Waals surface area contributed by atoms with Crippen LogP contribution in [0.3, 0.4) is 0 Å². The highest BCUT2D eigenvalue weighted by Crippen LogP contribution is 2.46. The summed E-state index contributed by atoms with van der Waals surface area (Å²) < 4.78 is 33.8. The van der Waals surface area contributed by atoms with Crippen molar-refractivity contribution in [1.82, 2.24) is 20.3 Å². The van der Waals surface area contributed by atoms with E-state index in [0.717, 1.165) is 12.8 Å². The Hall–Kier alpha value is -2.83. The van der Waals surface area contributed by atoms with E-state index in [4.69, 9.17) is 27.9 Å². The molecular formula is C29H38Cl2N4O7S. The fourth-order valence-corrected chi connectivity index (χ4v) is 7.22. The SMILES string of the molecule is CC(C)(C)NC(=O)O[C@H]1CCCCCC=C[C@@H]2C[C@@]2(C(=O)NS(=O)(=O)c2cc(Cl)cc(Cl)c2)NC(=O)[C@@H]2CCCN2C1=O. The molecule has 4 atom stereocenters. The molecule has 0 spiro atoms. The molecular weight excluding hydrogens is 619 g/mol. The van der Waals surface area contributed by atoms with Gasteiger partial charge in [-0.2, -0.15) is 0 Å². The number of nitrogens with zero attached hydrogens (tertiary/aromatic N) is 1. The molecule has 3 aliphatic rings. The van der Waals surface area contributed by atoms with E-state index in [1.54, 1.807) is 20.8 Å². The third-order valence-electron chi connectivity index (χ3n) is 7.69. The molecule has 0 bridgehead atoms. The van der Waals surface area contributed by atoms with E-state index in [1.165, 1.54) is 23.1 Å².